The van der Waals surface area contributed by atoms with Gasteiger partial charge in [0.05, 0.1) is 11.2 Å². The first-order chi connectivity index (χ1) is 16.9. The molecule has 35 heavy (non-hydrogen) atoms. The Balaban J connectivity index is 1.47. The fraction of sp³-hybridized carbons (Fsp3) is 0.207. The molecule has 0 spiro atoms. The number of carbonyl (C=O) groups excluding carboxylic acids is 1. The number of piperidine rings is 1. The number of fused-ring (bicyclic) bond motifs is 1. The van der Waals surface area contributed by atoms with E-state index in [1.54, 1.807) is 6.08 Å². The van der Waals surface area contributed by atoms with Crippen LogP contribution in [-0.4, -0.2) is 29.0 Å². The Morgan fingerprint density at radius 2 is 1.66 bits per heavy atom. The van der Waals surface area contributed by atoms with Crippen LogP contribution in [0.5, 0.6) is 5.75 Å². The van der Waals surface area contributed by atoms with Crippen LogP contribution in [0, 0.1) is 0 Å². The number of hydrogen-bond donors (Lipinski definition) is 3. The van der Waals surface area contributed by atoms with Gasteiger partial charge in [0.1, 0.15) is 11.5 Å². The lowest BCUT2D eigenvalue weighted by Gasteiger charge is -2.38. The average molecular weight is 470 g/mol. The van der Waals surface area contributed by atoms with Crippen LogP contribution in [0.25, 0.3) is 10.8 Å². The van der Waals surface area contributed by atoms with Gasteiger partial charge in [0.15, 0.2) is 0 Å². The highest BCUT2D eigenvalue weighted by Gasteiger charge is 2.33. The van der Waals surface area contributed by atoms with Crippen molar-refractivity contribution >= 4 is 16.7 Å². The summed E-state index contributed by atoms with van der Waals surface area (Å²) in [5, 5.41) is 13.2. The summed E-state index contributed by atoms with van der Waals surface area (Å²) in [4.78, 5) is 13.7. The second-order valence-corrected chi connectivity index (χ2v) is 8.83. The molecule has 0 aliphatic carbocycles. The number of likely N-dealkylation sites (tertiary alicyclic amines) is 1. The first-order valence-corrected chi connectivity index (χ1v) is 11.7. The summed E-state index contributed by atoms with van der Waals surface area (Å²) in [6.07, 6.45) is 5.60. The third-order valence-corrected chi connectivity index (χ3v) is 6.52. The molecule has 6 nitrogen and oxygen atoms in total. The summed E-state index contributed by atoms with van der Waals surface area (Å²) < 4.78 is 5.98. The van der Waals surface area contributed by atoms with Crippen molar-refractivity contribution in [2.45, 2.75) is 25.0 Å². The van der Waals surface area contributed by atoms with Crippen LogP contribution in [0.1, 0.15) is 24.0 Å². The molecule has 4 rings (SSSR count). The highest BCUT2D eigenvalue weighted by Crippen LogP contribution is 2.35. The minimum absolute atomic E-state index is 0.177. The zero-order valence-corrected chi connectivity index (χ0v) is 19.7. The lowest BCUT2D eigenvalue weighted by atomic mass is 9.84. The number of allylic oxidation sites excluding steroid dienone is 1. The fourth-order valence-corrected chi connectivity index (χ4v) is 4.50. The van der Waals surface area contributed by atoms with E-state index in [1.165, 1.54) is 11.6 Å². The molecule has 3 aromatic carbocycles. The zero-order chi connectivity index (χ0) is 24.8. The van der Waals surface area contributed by atoms with Crippen LogP contribution in [-0.2, 0) is 16.9 Å². The molecule has 1 saturated heterocycles. The van der Waals surface area contributed by atoms with Crippen LogP contribution in [0.4, 0.5) is 0 Å². The summed E-state index contributed by atoms with van der Waals surface area (Å²) in [5.74, 6) is 0.416. The third-order valence-electron chi connectivity index (χ3n) is 6.52. The van der Waals surface area contributed by atoms with Gasteiger partial charge in [-0.05, 0) is 47.6 Å². The Morgan fingerprint density at radius 3 is 2.31 bits per heavy atom. The number of amides is 1. The van der Waals surface area contributed by atoms with Gasteiger partial charge in [-0.3, -0.25) is 9.69 Å². The summed E-state index contributed by atoms with van der Waals surface area (Å²) in [7, 11) is 0. The van der Waals surface area contributed by atoms with Gasteiger partial charge >= 0.3 is 0 Å². The first-order valence-electron chi connectivity index (χ1n) is 11.7. The van der Waals surface area contributed by atoms with Crippen molar-refractivity contribution in [1.82, 2.24) is 4.90 Å². The molecule has 0 radical (unpaired) electrons. The molecule has 180 valence electrons. The van der Waals surface area contributed by atoms with Crippen molar-refractivity contribution in [3.05, 3.63) is 114 Å². The van der Waals surface area contributed by atoms with E-state index >= 15 is 0 Å². The third kappa shape index (κ3) is 5.62. The predicted octanol–water partition coefficient (Wildman–Crippen LogP) is 4.10. The molecule has 1 amide bonds. The van der Waals surface area contributed by atoms with Crippen molar-refractivity contribution < 1.29 is 14.6 Å². The largest absolute Gasteiger partial charge is 0.457 e. The smallest absolute Gasteiger partial charge is 0.250 e. The molecule has 0 unspecified atom stereocenters. The molecule has 5 N–H and O–H groups in total. The van der Waals surface area contributed by atoms with E-state index in [4.69, 9.17) is 16.2 Å². The van der Waals surface area contributed by atoms with E-state index in [0.717, 1.165) is 42.2 Å². The Kier molecular flexibility index (Phi) is 7.34. The zero-order valence-electron chi connectivity index (χ0n) is 19.7. The van der Waals surface area contributed by atoms with Gasteiger partial charge in [-0.1, -0.05) is 67.2 Å². The topological polar surface area (TPSA) is 102 Å². The standard InChI is InChI=1S/C29H31N3O3/c1-21(11-12-22(19-30)28(31)33)35-27-14-13-23(25-9-5-6-10-26(25)27)20-32-17-15-29(34,16-18-32)24-7-3-2-4-8-24/h2-14,19,34H,1,15-18,20,30H2,(H2,31,33)/b12-11-,22-19+. The van der Waals surface area contributed by atoms with Crippen molar-refractivity contribution in [3.8, 4) is 5.75 Å². The van der Waals surface area contributed by atoms with Crippen LogP contribution in [0.15, 0.2) is 103 Å². The van der Waals surface area contributed by atoms with E-state index < -0.39 is 11.5 Å². The highest BCUT2D eigenvalue weighted by atomic mass is 16.5. The maximum Gasteiger partial charge on any atom is 0.250 e. The summed E-state index contributed by atoms with van der Waals surface area (Å²) in [6.45, 7) is 6.34. The van der Waals surface area contributed by atoms with Crippen molar-refractivity contribution in [3.63, 3.8) is 0 Å². The second-order valence-electron chi connectivity index (χ2n) is 8.83. The summed E-state index contributed by atoms with van der Waals surface area (Å²) >= 11 is 0. The molecular formula is C29H31N3O3. The van der Waals surface area contributed by atoms with Gasteiger partial charge in [0.2, 0.25) is 5.91 Å². The van der Waals surface area contributed by atoms with Crippen LogP contribution >= 0.6 is 0 Å². The fourth-order valence-electron chi connectivity index (χ4n) is 4.50. The highest BCUT2D eigenvalue weighted by molar-refractivity contribution is 5.94. The molecule has 0 aromatic heterocycles. The van der Waals surface area contributed by atoms with Gasteiger partial charge < -0.3 is 21.3 Å². The molecule has 3 aromatic rings. The molecule has 1 aliphatic heterocycles. The molecular weight excluding hydrogens is 438 g/mol. The van der Waals surface area contributed by atoms with Crippen molar-refractivity contribution in [2.24, 2.45) is 11.5 Å². The summed E-state index contributed by atoms with van der Waals surface area (Å²) in [5.41, 5.74) is 12.3. The Labute approximate surface area is 205 Å². The number of nitrogens with two attached hydrogens (primary N) is 2. The van der Waals surface area contributed by atoms with Crippen LogP contribution < -0.4 is 16.2 Å². The molecule has 1 heterocycles. The number of primary amides is 1. The molecule has 0 atom stereocenters. The van der Waals surface area contributed by atoms with Crippen molar-refractivity contribution in [2.75, 3.05) is 13.1 Å². The van der Waals surface area contributed by atoms with E-state index in [9.17, 15) is 9.90 Å². The number of benzene rings is 3. The van der Waals surface area contributed by atoms with E-state index in [2.05, 4.69) is 23.6 Å². The number of rotatable bonds is 8. The predicted molar refractivity (Wildman–Crippen MR) is 139 cm³/mol. The van der Waals surface area contributed by atoms with Crippen molar-refractivity contribution in [1.29, 1.82) is 0 Å². The SMILES string of the molecule is C=C(/C=C\C(=C/N)C(N)=O)Oc1ccc(CN2CCC(O)(c3ccccc3)CC2)c2ccccc12. The number of ether oxygens (including phenoxy) is 1. The lowest BCUT2D eigenvalue weighted by Crippen LogP contribution is -2.42. The number of aliphatic hydroxyl groups is 1. The minimum Gasteiger partial charge on any atom is -0.457 e. The monoisotopic (exact) mass is 469 g/mol. The Morgan fingerprint density at radius 1 is 1.00 bits per heavy atom. The van der Waals surface area contributed by atoms with Crippen LogP contribution in [0.3, 0.4) is 0 Å². The first kappa shape index (κ1) is 24.3. The molecule has 1 fully saturated rings. The normalized spacial score (nSPS) is 16.4. The van der Waals surface area contributed by atoms with Gasteiger partial charge in [-0.15, -0.1) is 0 Å². The average Bonchev–Trinajstić information content (AvgIpc) is 2.87. The maximum atomic E-state index is 11.3. The summed E-state index contributed by atoms with van der Waals surface area (Å²) in [6, 6.07) is 22.0. The number of carbonyl (C=O) groups is 1. The minimum atomic E-state index is -0.765. The van der Waals surface area contributed by atoms with Gasteiger partial charge in [0, 0.05) is 31.2 Å². The number of nitrogens with zero attached hydrogens (tertiary/aromatic N) is 1. The van der Waals surface area contributed by atoms with E-state index in [0.29, 0.717) is 24.4 Å². The van der Waals surface area contributed by atoms with Crippen LogP contribution in [0.2, 0.25) is 0 Å². The number of hydrogen-bond acceptors (Lipinski definition) is 5. The van der Waals surface area contributed by atoms with Gasteiger partial charge in [-0.2, -0.15) is 0 Å². The van der Waals surface area contributed by atoms with E-state index in [1.807, 2.05) is 54.6 Å². The molecule has 0 saturated carbocycles. The van der Waals surface area contributed by atoms with Gasteiger partial charge in [0.25, 0.3) is 0 Å². The second kappa shape index (κ2) is 10.6. The molecule has 1 aliphatic rings. The lowest BCUT2D eigenvalue weighted by molar-refractivity contribution is -0.114. The van der Waals surface area contributed by atoms with E-state index in [-0.39, 0.29) is 5.57 Å². The molecule has 0 bridgehead atoms. The maximum absolute atomic E-state index is 11.3. The quantitative estimate of drug-likeness (QED) is 0.262. The Bertz CT molecular complexity index is 1270. The van der Waals surface area contributed by atoms with Gasteiger partial charge in [-0.25, -0.2) is 0 Å². The molecule has 6 heteroatoms. The Hall–Kier alpha value is -3.87.